The van der Waals surface area contributed by atoms with Crippen molar-refractivity contribution in [3.63, 3.8) is 0 Å². The summed E-state index contributed by atoms with van der Waals surface area (Å²) in [5.41, 5.74) is 0. The van der Waals surface area contributed by atoms with Crippen LogP contribution in [0.5, 0.6) is 0 Å². The minimum absolute atomic E-state index is 0.0677. The molecule has 2 heterocycles. The van der Waals surface area contributed by atoms with E-state index >= 15 is 0 Å². The van der Waals surface area contributed by atoms with Crippen LogP contribution in [0, 0.1) is 0 Å². The van der Waals surface area contributed by atoms with E-state index in [4.69, 9.17) is 23.2 Å². The van der Waals surface area contributed by atoms with Crippen molar-refractivity contribution in [3.05, 3.63) is 9.52 Å². The minimum atomic E-state index is 0.0677. The zero-order valence-electron chi connectivity index (χ0n) is 4.80. The summed E-state index contributed by atoms with van der Waals surface area (Å²) in [5, 5.41) is 0.584. The first kappa shape index (κ1) is 6.83. The van der Waals surface area contributed by atoms with Gasteiger partial charge in [-0.3, -0.25) is 9.69 Å². The van der Waals surface area contributed by atoms with Gasteiger partial charge in [0.15, 0.2) is 0 Å². The fraction of sp³-hybridized carbons (Fsp3) is 0.400. The van der Waals surface area contributed by atoms with E-state index in [0.717, 1.165) is 0 Å². The lowest BCUT2D eigenvalue weighted by Gasteiger charge is -2.33. The van der Waals surface area contributed by atoms with Crippen LogP contribution in [0.15, 0.2) is 9.52 Å². The fourth-order valence-corrected chi connectivity index (χ4v) is 2.77. The number of nitrogens with zero attached hydrogens (tertiary/aromatic N) is 1. The number of thioether (sulfide) groups is 1. The molecule has 0 saturated carbocycles. The third kappa shape index (κ3) is 0.712. The van der Waals surface area contributed by atoms with Crippen molar-refractivity contribution in [2.45, 2.75) is 11.8 Å². The topological polar surface area (TPSA) is 20.3 Å². The van der Waals surface area contributed by atoms with Gasteiger partial charge in [0, 0.05) is 0 Å². The molecule has 2 rings (SSSR count). The molecule has 2 nitrogen and oxygen atoms in total. The fourth-order valence-electron chi connectivity index (χ4n) is 0.980. The molecule has 0 aromatic heterocycles. The Labute approximate surface area is 72.1 Å². The van der Waals surface area contributed by atoms with E-state index in [9.17, 15) is 4.79 Å². The van der Waals surface area contributed by atoms with Crippen LogP contribution in [-0.4, -0.2) is 16.2 Å². The normalized spacial score (nSPS) is 30.8. The SMILES string of the molecule is O=C1C[C@H]2SC(Cl)=C(Cl)N12. The number of hydrogen-bond acceptors (Lipinski definition) is 2. The lowest BCUT2D eigenvalue weighted by atomic mass is 10.2. The van der Waals surface area contributed by atoms with Crippen LogP contribution in [0.2, 0.25) is 0 Å². The van der Waals surface area contributed by atoms with Crippen molar-refractivity contribution >= 4 is 40.9 Å². The Kier molecular flexibility index (Phi) is 1.41. The molecule has 10 heavy (non-hydrogen) atoms. The molecule has 2 aliphatic heterocycles. The standard InChI is InChI=1S/C5H3Cl2NOS/c6-4-5(7)10-3-1-2(9)8(3)4/h3H,1H2/t3-/m1/s1. The van der Waals surface area contributed by atoms with Crippen LogP contribution in [0.3, 0.4) is 0 Å². The Balaban J connectivity index is 2.29. The lowest BCUT2D eigenvalue weighted by molar-refractivity contribution is -0.137. The number of β-lactam (4-membered cyclic amide) rings is 1. The van der Waals surface area contributed by atoms with Crippen molar-refractivity contribution in [1.82, 2.24) is 4.90 Å². The second-order valence-corrected chi connectivity index (χ2v) is 4.25. The molecule has 5 heteroatoms. The predicted molar refractivity (Wildman–Crippen MR) is 41.6 cm³/mol. The highest BCUT2D eigenvalue weighted by Gasteiger charge is 2.44. The molecule has 1 amide bonds. The molecule has 1 atom stereocenters. The van der Waals surface area contributed by atoms with Crippen LogP contribution in [0.4, 0.5) is 0 Å². The molecule has 0 aliphatic carbocycles. The van der Waals surface area contributed by atoms with Gasteiger partial charge in [-0.15, -0.1) is 0 Å². The van der Waals surface area contributed by atoms with E-state index in [1.165, 1.54) is 16.7 Å². The van der Waals surface area contributed by atoms with Gasteiger partial charge in [0.05, 0.1) is 11.8 Å². The van der Waals surface area contributed by atoms with Gasteiger partial charge < -0.3 is 0 Å². The molecule has 0 aromatic carbocycles. The Hall–Kier alpha value is 0.140. The quantitative estimate of drug-likeness (QED) is 0.435. The molecule has 2 aliphatic rings. The van der Waals surface area contributed by atoms with Gasteiger partial charge in [-0.2, -0.15) is 0 Å². The average Bonchev–Trinajstić information content (AvgIpc) is 2.05. The second-order valence-electron chi connectivity index (χ2n) is 2.10. The summed E-state index contributed by atoms with van der Waals surface area (Å²) in [4.78, 5) is 12.3. The monoisotopic (exact) mass is 195 g/mol. The first-order valence-electron chi connectivity index (χ1n) is 2.74. The van der Waals surface area contributed by atoms with Crippen LogP contribution in [0.25, 0.3) is 0 Å². The minimum Gasteiger partial charge on any atom is -0.287 e. The summed E-state index contributed by atoms with van der Waals surface area (Å²) >= 11 is 12.8. The largest absolute Gasteiger partial charge is 0.287 e. The summed E-state index contributed by atoms with van der Waals surface area (Å²) in [6.07, 6.45) is 0.567. The lowest BCUT2D eigenvalue weighted by Crippen LogP contribution is -2.45. The maximum absolute atomic E-state index is 10.8. The number of halogens is 2. The number of rotatable bonds is 0. The zero-order valence-corrected chi connectivity index (χ0v) is 7.13. The van der Waals surface area contributed by atoms with Gasteiger partial charge in [0.25, 0.3) is 0 Å². The van der Waals surface area contributed by atoms with Gasteiger partial charge >= 0.3 is 0 Å². The first-order chi connectivity index (χ1) is 4.70. The van der Waals surface area contributed by atoms with Crippen LogP contribution >= 0.6 is 35.0 Å². The molecular weight excluding hydrogens is 193 g/mol. The van der Waals surface area contributed by atoms with Crippen LogP contribution in [-0.2, 0) is 4.79 Å². The molecule has 0 unspecified atom stereocenters. The Morgan fingerprint density at radius 2 is 2.30 bits per heavy atom. The van der Waals surface area contributed by atoms with E-state index in [-0.39, 0.29) is 11.3 Å². The molecular formula is C5H3Cl2NOS. The van der Waals surface area contributed by atoms with Crippen LogP contribution < -0.4 is 0 Å². The summed E-state index contributed by atoms with van der Waals surface area (Å²) in [6, 6.07) is 0. The van der Waals surface area contributed by atoms with Crippen LogP contribution in [0.1, 0.15) is 6.42 Å². The highest BCUT2D eigenvalue weighted by Crippen LogP contribution is 2.48. The molecule has 1 saturated heterocycles. The van der Waals surface area contributed by atoms with E-state index in [1.54, 1.807) is 0 Å². The van der Waals surface area contributed by atoms with Gasteiger partial charge in [0.2, 0.25) is 5.91 Å². The Morgan fingerprint density at radius 3 is 2.70 bits per heavy atom. The van der Waals surface area contributed by atoms with Crippen molar-refractivity contribution in [3.8, 4) is 0 Å². The van der Waals surface area contributed by atoms with Crippen molar-refractivity contribution in [2.75, 3.05) is 0 Å². The van der Waals surface area contributed by atoms with E-state index in [1.807, 2.05) is 0 Å². The van der Waals surface area contributed by atoms with E-state index in [0.29, 0.717) is 15.9 Å². The maximum atomic E-state index is 10.8. The maximum Gasteiger partial charge on any atom is 0.231 e. The molecule has 54 valence electrons. The van der Waals surface area contributed by atoms with Gasteiger partial charge in [-0.25, -0.2) is 0 Å². The van der Waals surface area contributed by atoms with E-state index in [2.05, 4.69) is 0 Å². The number of carbonyl (C=O) groups is 1. The first-order valence-corrected chi connectivity index (χ1v) is 4.37. The number of hydrogen-bond donors (Lipinski definition) is 0. The predicted octanol–water partition coefficient (Wildman–Crippen LogP) is 1.90. The number of amides is 1. The third-order valence-electron chi connectivity index (χ3n) is 1.52. The highest BCUT2D eigenvalue weighted by atomic mass is 35.5. The molecule has 0 radical (unpaired) electrons. The van der Waals surface area contributed by atoms with Gasteiger partial charge in [-0.05, 0) is 0 Å². The summed E-state index contributed by atoms with van der Waals surface area (Å²) in [6.45, 7) is 0. The smallest absolute Gasteiger partial charge is 0.231 e. The zero-order chi connectivity index (χ0) is 7.30. The summed E-state index contributed by atoms with van der Waals surface area (Å²) in [5.74, 6) is 0.0677. The van der Waals surface area contributed by atoms with Crippen molar-refractivity contribution < 1.29 is 4.79 Å². The summed E-state index contributed by atoms with van der Waals surface area (Å²) in [7, 11) is 0. The number of carbonyl (C=O) groups excluding carboxylic acids is 1. The Bertz CT molecular complexity index is 240. The molecule has 1 fully saturated rings. The molecule has 0 bridgehead atoms. The molecule has 0 N–H and O–H groups in total. The van der Waals surface area contributed by atoms with Gasteiger partial charge in [0.1, 0.15) is 9.52 Å². The summed E-state index contributed by atoms with van der Waals surface area (Å²) < 4.78 is 0.539. The second kappa shape index (κ2) is 2.06. The Morgan fingerprint density at radius 1 is 1.60 bits per heavy atom. The van der Waals surface area contributed by atoms with Crippen molar-refractivity contribution in [2.24, 2.45) is 0 Å². The molecule has 0 spiro atoms. The third-order valence-corrected chi connectivity index (χ3v) is 3.60. The average molecular weight is 196 g/mol. The van der Waals surface area contributed by atoms with E-state index < -0.39 is 0 Å². The van der Waals surface area contributed by atoms with Gasteiger partial charge in [-0.1, -0.05) is 35.0 Å². The molecule has 0 aromatic rings. The van der Waals surface area contributed by atoms with Crippen molar-refractivity contribution in [1.29, 1.82) is 0 Å². The highest BCUT2D eigenvalue weighted by molar-refractivity contribution is 8.05. The number of fused-ring (bicyclic) bond motifs is 1.